The Hall–Kier alpha value is -2.41. The van der Waals surface area contributed by atoms with Crippen molar-refractivity contribution in [2.24, 2.45) is 5.10 Å². The van der Waals surface area contributed by atoms with Crippen LogP contribution in [-0.4, -0.2) is 17.2 Å². The van der Waals surface area contributed by atoms with Crippen molar-refractivity contribution < 1.29 is 9.53 Å². The Balaban J connectivity index is 1.71. The quantitative estimate of drug-likeness (QED) is 0.264. The molecule has 0 aliphatic rings. The highest BCUT2D eigenvalue weighted by molar-refractivity contribution is 7.14. The predicted molar refractivity (Wildman–Crippen MR) is 107 cm³/mol. The van der Waals surface area contributed by atoms with Gasteiger partial charge in [0, 0.05) is 35.6 Å². The average Bonchev–Trinajstić information content (AvgIpc) is 3.06. The first-order valence-electron chi connectivity index (χ1n) is 7.50. The van der Waals surface area contributed by atoms with E-state index in [1.807, 2.05) is 35.7 Å². The number of hydrogen-bond donors (Lipinski definition) is 1. The smallest absolute Gasteiger partial charge is 0.308 e. The van der Waals surface area contributed by atoms with Crippen molar-refractivity contribution in [2.75, 3.05) is 5.43 Å². The summed E-state index contributed by atoms with van der Waals surface area (Å²) in [6, 6.07) is 12.9. The number of nitrogens with one attached hydrogen (secondary N) is 1. The third kappa shape index (κ3) is 4.60. The number of carbonyl (C=O) groups excluding carboxylic acids is 1. The van der Waals surface area contributed by atoms with E-state index in [-0.39, 0.29) is 5.75 Å². The lowest BCUT2D eigenvalue weighted by molar-refractivity contribution is -0.131. The van der Waals surface area contributed by atoms with Gasteiger partial charge in [-0.25, -0.2) is 4.98 Å². The van der Waals surface area contributed by atoms with E-state index in [1.165, 1.54) is 36.6 Å². The van der Waals surface area contributed by atoms with Crippen molar-refractivity contribution in [1.29, 1.82) is 0 Å². The summed E-state index contributed by atoms with van der Waals surface area (Å²) in [5.41, 5.74) is 5.28. The number of esters is 1. The van der Waals surface area contributed by atoms with E-state index in [9.17, 15) is 4.79 Å². The zero-order valence-corrected chi connectivity index (χ0v) is 15.9. The van der Waals surface area contributed by atoms with Gasteiger partial charge < -0.3 is 4.74 Å². The summed E-state index contributed by atoms with van der Waals surface area (Å²) in [5.74, 6) is -0.164. The Labute approximate surface area is 164 Å². The number of ether oxygens (including phenoxy) is 1. The van der Waals surface area contributed by atoms with Crippen LogP contribution in [0.2, 0.25) is 10.0 Å². The maximum absolute atomic E-state index is 11.0. The van der Waals surface area contributed by atoms with Gasteiger partial charge in [0.25, 0.3) is 0 Å². The van der Waals surface area contributed by atoms with Gasteiger partial charge in [-0.3, -0.25) is 10.2 Å². The van der Waals surface area contributed by atoms with E-state index in [1.54, 1.807) is 0 Å². The van der Waals surface area contributed by atoms with Crippen LogP contribution >= 0.6 is 34.5 Å². The first-order valence-corrected chi connectivity index (χ1v) is 9.14. The number of aromatic nitrogens is 1. The van der Waals surface area contributed by atoms with E-state index in [2.05, 4.69) is 15.5 Å². The molecule has 26 heavy (non-hydrogen) atoms. The molecule has 0 spiro atoms. The first-order chi connectivity index (χ1) is 12.5. The Bertz CT molecular complexity index is 935. The van der Waals surface area contributed by atoms with Crippen LogP contribution in [0.4, 0.5) is 5.13 Å². The van der Waals surface area contributed by atoms with E-state index >= 15 is 0 Å². The molecule has 0 amide bonds. The molecular weight excluding hydrogens is 393 g/mol. The summed E-state index contributed by atoms with van der Waals surface area (Å²) in [7, 11) is 0. The number of thiazole rings is 1. The SMILES string of the molecule is CC(=O)Oc1cc(Cl)c(C=NNc2nc(-c3ccccc3)cs2)c(Cl)c1. The molecule has 0 bridgehead atoms. The first kappa shape index (κ1) is 18.4. The third-order valence-corrected chi connectivity index (χ3v) is 4.61. The molecule has 2 aromatic carbocycles. The van der Waals surface area contributed by atoms with Crippen molar-refractivity contribution in [1.82, 2.24) is 4.98 Å². The highest BCUT2D eigenvalue weighted by Crippen LogP contribution is 2.29. The number of hydrazone groups is 1. The van der Waals surface area contributed by atoms with Crippen molar-refractivity contribution in [3.63, 3.8) is 0 Å². The van der Waals surface area contributed by atoms with Crippen LogP contribution < -0.4 is 10.2 Å². The van der Waals surface area contributed by atoms with Crippen LogP contribution in [0.1, 0.15) is 12.5 Å². The largest absolute Gasteiger partial charge is 0.427 e. The van der Waals surface area contributed by atoms with Gasteiger partial charge in [-0.15, -0.1) is 11.3 Å². The fourth-order valence-corrected chi connectivity index (χ4v) is 3.36. The van der Waals surface area contributed by atoms with Crippen LogP contribution in [0.25, 0.3) is 11.3 Å². The highest BCUT2D eigenvalue weighted by Gasteiger charge is 2.09. The molecule has 3 rings (SSSR count). The topological polar surface area (TPSA) is 63.6 Å². The van der Waals surface area contributed by atoms with Gasteiger partial charge in [0.2, 0.25) is 5.13 Å². The van der Waals surface area contributed by atoms with Gasteiger partial charge in [-0.05, 0) is 0 Å². The van der Waals surface area contributed by atoms with Gasteiger partial charge in [-0.1, -0.05) is 53.5 Å². The fraction of sp³-hybridized carbons (Fsp3) is 0.0556. The zero-order chi connectivity index (χ0) is 18.5. The lowest BCUT2D eigenvalue weighted by Gasteiger charge is -2.06. The number of nitrogens with zero attached hydrogens (tertiary/aromatic N) is 2. The van der Waals surface area contributed by atoms with Crippen LogP contribution in [0.15, 0.2) is 52.9 Å². The molecule has 0 unspecified atom stereocenters. The highest BCUT2D eigenvalue weighted by atomic mass is 35.5. The summed E-state index contributed by atoms with van der Waals surface area (Å²) in [6.07, 6.45) is 1.49. The molecule has 1 heterocycles. The monoisotopic (exact) mass is 405 g/mol. The van der Waals surface area contributed by atoms with Crippen molar-refractivity contribution >= 4 is 51.9 Å². The molecular formula is C18H13Cl2N3O2S. The van der Waals surface area contributed by atoms with E-state index < -0.39 is 5.97 Å². The Morgan fingerprint density at radius 1 is 1.23 bits per heavy atom. The summed E-state index contributed by atoms with van der Waals surface area (Å²) in [4.78, 5) is 15.5. The van der Waals surface area contributed by atoms with Crippen molar-refractivity contribution in [3.05, 3.63) is 63.5 Å². The third-order valence-electron chi connectivity index (χ3n) is 3.24. The lowest BCUT2D eigenvalue weighted by atomic mass is 10.2. The van der Waals surface area contributed by atoms with Gasteiger partial charge in [0.05, 0.1) is 22.0 Å². The molecule has 0 aliphatic heterocycles. The van der Waals surface area contributed by atoms with Crippen molar-refractivity contribution in [3.8, 4) is 17.0 Å². The number of benzene rings is 2. The maximum Gasteiger partial charge on any atom is 0.308 e. The van der Waals surface area contributed by atoms with Crippen LogP contribution in [-0.2, 0) is 4.79 Å². The van der Waals surface area contributed by atoms with E-state index in [0.717, 1.165) is 11.3 Å². The second-order valence-corrected chi connectivity index (χ2v) is 6.84. The van der Waals surface area contributed by atoms with E-state index in [4.69, 9.17) is 27.9 Å². The second-order valence-electron chi connectivity index (χ2n) is 5.17. The molecule has 0 saturated heterocycles. The molecule has 1 N–H and O–H groups in total. The summed E-state index contributed by atoms with van der Waals surface area (Å²) in [6.45, 7) is 1.30. The molecule has 0 fully saturated rings. The zero-order valence-electron chi connectivity index (χ0n) is 13.6. The number of hydrogen-bond acceptors (Lipinski definition) is 6. The normalized spacial score (nSPS) is 10.9. The van der Waals surface area contributed by atoms with Gasteiger partial charge in [-0.2, -0.15) is 5.10 Å². The average molecular weight is 406 g/mol. The van der Waals surface area contributed by atoms with E-state index in [0.29, 0.717) is 20.7 Å². The van der Waals surface area contributed by atoms with Crippen LogP contribution in [0, 0.1) is 0 Å². The molecule has 0 aliphatic carbocycles. The number of halogens is 2. The fourth-order valence-electron chi connectivity index (χ4n) is 2.13. The van der Waals surface area contributed by atoms with Crippen LogP contribution in [0.3, 0.4) is 0 Å². The lowest BCUT2D eigenvalue weighted by Crippen LogP contribution is -2.02. The molecule has 0 radical (unpaired) electrons. The number of anilines is 1. The number of carbonyl (C=O) groups is 1. The van der Waals surface area contributed by atoms with Gasteiger partial charge in [0.15, 0.2) is 0 Å². The predicted octanol–water partition coefficient (Wildman–Crippen LogP) is 5.49. The Morgan fingerprint density at radius 3 is 2.58 bits per heavy atom. The minimum atomic E-state index is -0.446. The van der Waals surface area contributed by atoms with Crippen LogP contribution in [0.5, 0.6) is 5.75 Å². The Kier molecular flexibility index (Phi) is 5.88. The minimum Gasteiger partial charge on any atom is -0.427 e. The molecule has 1 aromatic heterocycles. The standard InChI is InChI=1S/C18H13Cl2N3O2S/c1-11(24)25-13-7-15(19)14(16(20)8-13)9-21-23-18-22-17(10-26-18)12-5-3-2-4-6-12/h2-10H,1H3,(H,22,23). The second kappa shape index (κ2) is 8.31. The molecule has 5 nitrogen and oxygen atoms in total. The summed E-state index contributed by atoms with van der Waals surface area (Å²) < 4.78 is 4.97. The maximum atomic E-state index is 11.0. The summed E-state index contributed by atoms with van der Waals surface area (Å²) in [5, 5.41) is 7.36. The molecule has 8 heteroatoms. The summed E-state index contributed by atoms with van der Waals surface area (Å²) >= 11 is 13.8. The molecule has 132 valence electrons. The van der Waals surface area contributed by atoms with Gasteiger partial charge >= 0.3 is 5.97 Å². The molecule has 3 aromatic rings. The van der Waals surface area contributed by atoms with Gasteiger partial charge in [0.1, 0.15) is 5.75 Å². The molecule has 0 saturated carbocycles. The molecule has 0 atom stereocenters. The minimum absolute atomic E-state index is 0.282. The Morgan fingerprint density at radius 2 is 1.92 bits per heavy atom. The number of rotatable bonds is 5. The van der Waals surface area contributed by atoms with Crippen molar-refractivity contribution in [2.45, 2.75) is 6.92 Å².